The third-order valence-corrected chi connectivity index (χ3v) is 3.29. The highest BCUT2D eigenvalue weighted by molar-refractivity contribution is 5.77. The first-order chi connectivity index (χ1) is 17.0. The number of imidazole rings is 2. The predicted octanol–water partition coefficient (Wildman–Crippen LogP) is 5.75. The van der Waals surface area contributed by atoms with E-state index < -0.39 is 35.2 Å². The van der Waals surface area contributed by atoms with Gasteiger partial charge in [0, 0.05) is 38.0 Å². The molecule has 0 radical (unpaired) electrons. The van der Waals surface area contributed by atoms with Crippen molar-refractivity contribution in [1.82, 2.24) is 19.5 Å². The van der Waals surface area contributed by atoms with Gasteiger partial charge in [-0.05, 0) is 75.2 Å². The lowest BCUT2D eigenvalue weighted by Gasteiger charge is -2.20. The quantitative estimate of drug-likeness (QED) is 0.256. The van der Waals surface area contributed by atoms with Crippen LogP contribution in [0.5, 0.6) is 0 Å². The molecule has 2 aromatic heterocycles. The normalized spacial score (nSPS) is 12.8. The zero-order valence-corrected chi connectivity index (χ0v) is 23.4. The number of carbonyl (C=O) groups is 3. The molecule has 1 saturated heterocycles. The fraction of sp³-hybridized carbons (Fsp3) is 0.640. The van der Waals surface area contributed by atoms with Crippen LogP contribution in [0.25, 0.3) is 0 Å². The van der Waals surface area contributed by atoms with Crippen LogP contribution in [0.4, 0.5) is 14.4 Å². The van der Waals surface area contributed by atoms with Crippen molar-refractivity contribution >= 4 is 18.4 Å². The first-order valence-electron chi connectivity index (χ1n) is 11.8. The molecule has 1 fully saturated rings. The molecular weight excluding hydrogens is 484 g/mol. The van der Waals surface area contributed by atoms with Crippen molar-refractivity contribution in [3.8, 4) is 0 Å². The standard InChI is InChI=1S/C10H18O5.C8H12N2O2.C4H8O.C3H4N2/c1-9(2,3)14-7(11)13-8(12)15-10(4,5)6;1-8(2,3)12-7(11)10-5-4-9-6-10;1-2-4-5-3-1;1-2-5-3-4-1/h1-6H3;4-6H,1-3H3;1-4H2;1-3H,(H,4,5). The van der Waals surface area contributed by atoms with Crippen molar-refractivity contribution in [2.75, 3.05) is 13.2 Å². The van der Waals surface area contributed by atoms with Crippen molar-refractivity contribution in [3.05, 3.63) is 37.4 Å². The SMILES string of the molecule is C1CCOC1.CC(C)(C)OC(=O)OC(=O)OC(C)(C)C.CC(C)(C)OC(=O)n1ccnc1.c1c[nH]cn1. The molecular formula is C25H42N4O8. The first kappa shape index (κ1) is 33.6. The fourth-order valence-electron chi connectivity index (χ4n) is 2.02. The van der Waals surface area contributed by atoms with Crippen LogP contribution in [0.1, 0.15) is 75.2 Å². The Balaban J connectivity index is 0.000000514. The lowest BCUT2D eigenvalue weighted by Crippen LogP contribution is -2.29. The van der Waals surface area contributed by atoms with E-state index in [1.165, 1.54) is 29.9 Å². The number of aromatic nitrogens is 4. The topological polar surface area (TPSA) is 144 Å². The zero-order chi connectivity index (χ0) is 28.5. The van der Waals surface area contributed by atoms with Crippen LogP contribution in [0.2, 0.25) is 0 Å². The highest BCUT2D eigenvalue weighted by atomic mass is 16.8. The molecule has 0 spiro atoms. The molecule has 210 valence electrons. The molecule has 1 N–H and O–H groups in total. The molecule has 12 nitrogen and oxygen atoms in total. The number of carbonyl (C=O) groups excluding carboxylic acids is 3. The summed E-state index contributed by atoms with van der Waals surface area (Å²) >= 11 is 0. The smallest absolute Gasteiger partial charge is 0.443 e. The van der Waals surface area contributed by atoms with E-state index in [1.54, 1.807) is 66.5 Å². The van der Waals surface area contributed by atoms with Crippen molar-refractivity contribution in [2.45, 2.75) is 92.0 Å². The lowest BCUT2D eigenvalue weighted by atomic mass is 10.2. The van der Waals surface area contributed by atoms with E-state index in [1.807, 2.05) is 20.8 Å². The van der Waals surface area contributed by atoms with Gasteiger partial charge in [-0.3, -0.25) is 0 Å². The van der Waals surface area contributed by atoms with Gasteiger partial charge < -0.3 is 28.7 Å². The molecule has 2 aromatic rings. The summed E-state index contributed by atoms with van der Waals surface area (Å²) in [5.74, 6) is 0. The van der Waals surface area contributed by atoms with Crippen molar-refractivity contribution in [2.24, 2.45) is 0 Å². The van der Waals surface area contributed by atoms with Crippen molar-refractivity contribution in [3.63, 3.8) is 0 Å². The second kappa shape index (κ2) is 16.4. The van der Waals surface area contributed by atoms with Crippen LogP contribution in [-0.4, -0.2) is 67.9 Å². The Morgan fingerprint density at radius 2 is 1.30 bits per heavy atom. The summed E-state index contributed by atoms with van der Waals surface area (Å²) < 4.78 is 25.1. The second-order valence-electron chi connectivity index (χ2n) is 10.6. The van der Waals surface area contributed by atoms with Gasteiger partial charge in [-0.2, -0.15) is 0 Å². The molecule has 3 heterocycles. The number of aromatic amines is 1. The van der Waals surface area contributed by atoms with Crippen LogP contribution < -0.4 is 0 Å². The molecule has 0 unspecified atom stereocenters. The third kappa shape index (κ3) is 22.8. The largest absolute Gasteiger partial charge is 0.519 e. The van der Waals surface area contributed by atoms with Crippen LogP contribution in [0.15, 0.2) is 37.4 Å². The highest BCUT2D eigenvalue weighted by Crippen LogP contribution is 2.11. The van der Waals surface area contributed by atoms with Crippen LogP contribution in [0, 0.1) is 0 Å². The summed E-state index contributed by atoms with van der Waals surface area (Å²) in [5, 5.41) is 0. The summed E-state index contributed by atoms with van der Waals surface area (Å²) in [6.07, 6.45) is 9.61. The zero-order valence-electron chi connectivity index (χ0n) is 23.4. The minimum atomic E-state index is -1.06. The summed E-state index contributed by atoms with van der Waals surface area (Å²) in [5.41, 5.74) is -1.85. The van der Waals surface area contributed by atoms with Gasteiger partial charge in [-0.1, -0.05) is 0 Å². The van der Waals surface area contributed by atoms with Gasteiger partial charge >= 0.3 is 18.4 Å². The number of ether oxygens (including phenoxy) is 5. The van der Waals surface area contributed by atoms with Gasteiger partial charge in [0.05, 0.1) is 6.33 Å². The fourth-order valence-corrected chi connectivity index (χ4v) is 2.02. The third-order valence-electron chi connectivity index (χ3n) is 3.29. The number of hydrogen-bond donors (Lipinski definition) is 1. The van der Waals surface area contributed by atoms with E-state index >= 15 is 0 Å². The van der Waals surface area contributed by atoms with Crippen LogP contribution >= 0.6 is 0 Å². The Labute approximate surface area is 219 Å². The van der Waals surface area contributed by atoms with E-state index in [2.05, 4.69) is 19.7 Å². The van der Waals surface area contributed by atoms with Crippen molar-refractivity contribution in [1.29, 1.82) is 0 Å². The maximum atomic E-state index is 11.2. The number of rotatable bonds is 0. The molecule has 3 rings (SSSR count). The van der Waals surface area contributed by atoms with Gasteiger partial charge in [-0.25, -0.2) is 28.9 Å². The molecule has 0 aliphatic carbocycles. The van der Waals surface area contributed by atoms with Crippen molar-refractivity contribution < 1.29 is 38.1 Å². The molecule has 0 atom stereocenters. The highest BCUT2D eigenvalue weighted by Gasteiger charge is 2.24. The maximum Gasteiger partial charge on any atom is 0.519 e. The molecule has 0 amide bonds. The van der Waals surface area contributed by atoms with E-state index in [9.17, 15) is 14.4 Å². The van der Waals surface area contributed by atoms with Crippen LogP contribution in [0.3, 0.4) is 0 Å². The number of H-pyrrole nitrogens is 1. The number of hydrogen-bond acceptors (Lipinski definition) is 10. The summed E-state index contributed by atoms with van der Waals surface area (Å²) in [7, 11) is 0. The number of nitrogens with zero attached hydrogens (tertiary/aromatic N) is 3. The van der Waals surface area contributed by atoms with E-state index in [0.29, 0.717) is 0 Å². The Bertz CT molecular complexity index is 823. The molecule has 0 aromatic carbocycles. The molecule has 1 aliphatic rings. The second-order valence-corrected chi connectivity index (χ2v) is 10.6. The Kier molecular flexibility index (Phi) is 14.8. The van der Waals surface area contributed by atoms with E-state index in [4.69, 9.17) is 18.9 Å². The molecule has 0 bridgehead atoms. The minimum Gasteiger partial charge on any atom is -0.443 e. The first-order valence-corrected chi connectivity index (χ1v) is 11.8. The number of nitrogens with one attached hydrogen (secondary N) is 1. The average molecular weight is 527 g/mol. The minimum absolute atomic E-state index is 0.403. The van der Waals surface area contributed by atoms with Gasteiger partial charge in [0.2, 0.25) is 0 Å². The van der Waals surface area contributed by atoms with Gasteiger partial charge in [0.25, 0.3) is 0 Å². The molecule has 0 saturated carbocycles. The van der Waals surface area contributed by atoms with E-state index in [0.717, 1.165) is 13.2 Å². The Hall–Kier alpha value is -3.41. The molecule has 37 heavy (non-hydrogen) atoms. The maximum absolute atomic E-state index is 11.2. The molecule has 12 heteroatoms. The summed E-state index contributed by atoms with van der Waals surface area (Å²) in [6, 6.07) is 0. The van der Waals surface area contributed by atoms with E-state index in [-0.39, 0.29) is 0 Å². The molecule has 1 aliphatic heterocycles. The Morgan fingerprint density at radius 1 is 0.784 bits per heavy atom. The average Bonchev–Trinajstić information content (AvgIpc) is 3.52. The summed E-state index contributed by atoms with van der Waals surface area (Å²) in [4.78, 5) is 43.4. The van der Waals surface area contributed by atoms with Gasteiger partial charge in [0.15, 0.2) is 0 Å². The Morgan fingerprint density at radius 3 is 1.57 bits per heavy atom. The monoisotopic (exact) mass is 526 g/mol. The van der Waals surface area contributed by atoms with Gasteiger partial charge in [0.1, 0.15) is 23.1 Å². The predicted molar refractivity (Wildman–Crippen MR) is 136 cm³/mol. The van der Waals surface area contributed by atoms with Crippen LogP contribution in [-0.2, 0) is 23.7 Å². The lowest BCUT2D eigenvalue weighted by molar-refractivity contribution is -0.0294. The van der Waals surface area contributed by atoms with Gasteiger partial charge in [-0.15, -0.1) is 0 Å². The summed E-state index contributed by atoms with van der Waals surface area (Å²) in [6.45, 7) is 17.5.